The van der Waals surface area contributed by atoms with E-state index in [4.69, 9.17) is 15.2 Å². The van der Waals surface area contributed by atoms with Gasteiger partial charge in [-0.15, -0.1) is 12.4 Å². The molecule has 1 aliphatic carbocycles. The van der Waals surface area contributed by atoms with E-state index < -0.39 is 0 Å². The van der Waals surface area contributed by atoms with Crippen LogP contribution in [0.5, 0.6) is 0 Å². The van der Waals surface area contributed by atoms with Gasteiger partial charge in [-0.05, 0) is 37.0 Å². The third kappa shape index (κ3) is 3.86. The van der Waals surface area contributed by atoms with Gasteiger partial charge in [-0.1, -0.05) is 12.1 Å². The molecule has 0 spiro atoms. The van der Waals surface area contributed by atoms with Gasteiger partial charge in [0.05, 0.1) is 24.9 Å². The van der Waals surface area contributed by atoms with Crippen LogP contribution < -0.4 is 5.73 Å². The van der Waals surface area contributed by atoms with Gasteiger partial charge in [-0.2, -0.15) is 0 Å². The molecule has 0 bridgehead atoms. The molecule has 1 aliphatic heterocycles. The van der Waals surface area contributed by atoms with Crippen LogP contribution in [0.4, 0.5) is 0 Å². The van der Waals surface area contributed by atoms with Crippen LogP contribution in [0.15, 0.2) is 24.3 Å². The maximum Gasteiger partial charge on any atom is 0.254 e. The molecule has 5 nitrogen and oxygen atoms in total. The predicted octanol–water partition coefficient (Wildman–Crippen LogP) is 1.98. The fourth-order valence-electron chi connectivity index (χ4n) is 3.49. The zero-order chi connectivity index (χ0) is 15.5. The fraction of sp³-hybridized carbons (Fsp3) is 0.588. The van der Waals surface area contributed by atoms with E-state index >= 15 is 0 Å². The van der Waals surface area contributed by atoms with Crippen LogP contribution in [0.3, 0.4) is 0 Å². The SMILES string of the molecule is COC1CCC2OCCN(C(=O)c3ccc(CN)cc3)C2C1.Cl. The van der Waals surface area contributed by atoms with Gasteiger partial charge in [0.15, 0.2) is 0 Å². The smallest absolute Gasteiger partial charge is 0.254 e. The molecule has 1 heterocycles. The molecule has 23 heavy (non-hydrogen) atoms. The molecule has 0 radical (unpaired) electrons. The molecule has 3 unspecified atom stereocenters. The molecule has 1 amide bonds. The van der Waals surface area contributed by atoms with Crippen molar-refractivity contribution in [1.82, 2.24) is 4.90 Å². The minimum atomic E-state index is 0. The highest BCUT2D eigenvalue weighted by atomic mass is 35.5. The lowest BCUT2D eigenvalue weighted by Gasteiger charge is -2.45. The number of carbonyl (C=O) groups excluding carboxylic acids is 1. The van der Waals surface area contributed by atoms with Crippen molar-refractivity contribution in [2.45, 2.75) is 44.1 Å². The van der Waals surface area contributed by atoms with Crippen molar-refractivity contribution >= 4 is 18.3 Å². The van der Waals surface area contributed by atoms with E-state index in [2.05, 4.69) is 0 Å². The first kappa shape index (κ1) is 18.2. The zero-order valence-corrected chi connectivity index (χ0v) is 14.3. The molecule has 1 aromatic rings. The Morgan fingerprint density at radius 1 is 1.35 bits per heavy atom. The summed E-state index contributed by atoms with van der Waals surface area (Å²) in [7, 11) is 1.74. The molecule has 2 aliphatic rings. The van der Waals surface area contributed by atoms with E-state index in [1.165, 1.54) is 0 Å². The summed E-state index contributed by atoms with van der Waals surface area (Å²) in [6, 6.07) is 7.69. The second-order valence-electron chi connectivity index (χ2n) is 6.05. The molecule has 2 N–H and O–H groups in total. The van der Waals surface area contributed by atoms with Gasteiger partial charge in [0.1, 0.15) is 0 Å². The van der Waals surface area contributed by atoms with Crippen molar-refractivity contribution in [3.63, 3.8) is 0 Å². The molecule has 1 aromatic carbocycles. The van der Waals surface area contributed by atoms with E-state index in [1.807, 2.05) is 29.2 Å². The van der Waals surface area contributed by atoms with Crippen LogP contribution in [0.25, 0.3) is 0 Å². The minimum absolute atomic E-state index is 0. The number of benzene rings is 1. The average molecular weight is 341 g/mol. The molecule has 2 fully saturated rings. The predicted molar refractivity (Wildman–Crippen MR) is 90.8 cm³/mol. The Morgan fingerprint density at radius 3 is 2.74 bits per heavy atom. The Labute approximate surface area is 143 Å². The van der Waals surface area contributed by atoms with Gasteiger partial charge in [-0.25, -0.2) is 0 Å². The van der Waals surface area contributed by atoms with Gasteiger partial charge in [0.2, 0.25) is 0 Å². The Balaban J connectivity index is 0.00000192. The maximum absolute atomic E-state index is 12.8. The normalized spacial score (nSPS) is 27.0. The number of amides is 1. The first-order chi connectivity index (χ1) is 10.7. The van der Waals surface area contributed by atoms with Gasteiger partial charge in [0, 0.05) is 25.8 Å². The molecule has 1 saturated heterocycles. The third-order valence-electron chi connectivity index (χ3n) is 4.80. The number of nitrogens with two attached hydrogens (primary N) is 1. The lowest BCUT2D eigenvalue weighted by atomic mass is 9.87. The number of methoxy groups -OCH3 is 1. The zero-order valence-electron chi connectivity index (χ0n) is 13.4. The summed E-state index contributed by atoms with van der Waals surface area (Å²) in [4.78, 5) is 14.8. The first-order valence-corrected chi connectivity index (χ1v) is 7.97. The average Bonchev–Trinajstić information content (AvgIpc) is 2.60. The van der Waals surface area contributed by atoms with E-state index in [1.54, 1.807) is 7.11 Å². The second-order valence-corrected chi connectivity index (χ2v) is 6.05. The molecule has 3 rings (SSSR count). The summed E-state index contributed by atoms with van der Waals surface area (Å²) in [6.45, 7) is 1.76. The fourth-order valence-corrected chi connectivity index (χ4v) is 3.49. The van der Waals surface area contributed by atoms with Crippen molar-refractivity contribution in [2.75, 3.05) is 20.3 Å². The van der Waals surface area contributed by atoms with Crippen molar-refractivity contribution in [2.24, 2.45) is 5.73 Å². The number of halogens is 1. The van der Waals surface area contributed by atoms with Crippen molar-refractivity contribution in [1.29, 1.82) is 0 Å². The Bertz CT molecular complexity index is 523. The number of hydrogen-bond acceptors (Lipinski definition) is 4. The number of rotatable bonds is 3. The number of ether oxygens (including phenoxy) is 2. The molecule has 6 heteroatoms. The minimum Gasteiger partial charge on any atom is -0.381 e. The molecular formula is C17H25ClN2O3. The molecule has 3 atom stereocenters. The summed E-state index contributed by atoms with van der Waals surface area (Å²) in [5.74, 6) is 0.0821. The monoisotopic (exact) mass is 340 g/mol. The van der Waals surface area contributed by atoms with Crippen molar-refractivity contribution in [3.05, 3.63) is 35.4 Å². The number of fused-ring (bicyclic) bond motifs is 1. The molecule has 128 valence electrons. The summed E-state index contributed by atoms with van der Waals surface area (Å²) >= 11 is 0. The summed E-state index contributed by atoms with van der Waals surface area (Å²) < 4.78 is 11.4. The Kier molecular flexibility index (Phi) is 6.41. The maximum atomic E-state index is 12.8. The molecule has 0 aromatic heterocycles. The van der Waals surface area contributed by atoms with Gasteiger partial charge >= 0.3 is 0 Å². The number of carbonyl (C=O) groups is 1. The summed E-state index contributed by atoms with van der Waals surface area (Å²) in [5.41, 5.74) is 7.37. The van der Waals surface area contributed by atoms with Crippen LogP contribution >= 0.6 is 12.4 Å². The van der Waals surface area contributed by atoms with Crippen LogP contribution in [0, 0.1) is 0 Å². The third-order valence-corrected chi connectivity index (χ3v) is 4.80. The van der Waals surface area contributed by atoms with Crippen molar-refractivity contribution < 1.29 is 14.3 Å². The highest BCUT2D eigenvalue weighted by Gasteiger charge is 2.40. The van der Waals surface area contributed by atoms with E-state index in [0.29, 0.717) is 19.7 Å². The number of nitrogens with zero attached hydrogens (tertiary/aromatic N) is 1. The van der Waals surface area contributed by atoms with Gasteiger partial charge in [-0.3, -0.25) is 4.79 Å². The molecular weight excluding hydrogens is 316 g/mol. The summed E-state index contributed by atoms with van der Waals surface area (Å²) in [5, 5.41) is 0. The quantitative estimate of drug-likeness (QED) is 0.913. The summed E-state index contributed by atoms with van der Waals surface area (Å²) in [6.07, 6.45) is 3.18. The first-order valence-electron chi connectivity index (χ1n) is 7.97. The lowest BCUT2D eigenvalue weighted by Crippen LogP contribution is -2.56. The van der Waals surface area contributed by atoms with Crippen LogP contribution in [-0.2, 0) is 16.0 Å². The Hall–Kier alpha value is -1.14. The Morgan fingerprint density at radius 2 is 2.09 bits per heavy atom. The number of hydrogen-bond donors (Lipinski definition) is 1. The van der Waals surface area contributed by atoms with Crippen LogP contribution in [0.2, 0.25) is 0 Å². The second kappa shape index (κ2) is 8.11. The van der Waals surface area contributed by atoms with Crippen LogP contribution in [0.1, 0.15) is 35.2 Å². The van der Waals surface area contributed by atoms with Crippen LogP contribution in [-0.4, -0.2) is 49.3 Å². The standard InChI is InChI=1S/C17H24N2O3.ClH/c1-21-14-6-7-16-15(10-14)19(8-9-22-16)17(20)13-4-2-12(11-18)3-5-13;/h2-5,14-16H,6-11,18H2,1H3;1H. The molecule has 1 saturated carbocycles. The highest BCUT2D eigenvalue weighted by Crippen LogP contribution is 2.31. The van der Waals surface area contributed by atoms with Gasteiger partial charge in [0.25, 0.3) is 5.91 Å². The van der Waals surface area contributed by atoms with E-state index in [0.717, 1.165) is 30.4 Å². The highest BCUT2D eigenvalue weighted by molar-refractivity contribution is 5.94. The topological polar surface area (TPSA) is 64.8 Å². The van der Waals surface area contributed by atoms with Crippen molar-refractivity contribution in [3.8, 4) is 0 Å². The lowest BCUT2D eigenvalue weighted by molar-refractivity contribution is -0.101. The van der Waals surface area contributed by atoms with E-state index in [-0.39, 0.29) is 36.6 Å². The number of morpholine rings is 1. The largest absolute Gasteiger partial charge is 0.381 e. The van der Waals surface area contributed by atoms with Gasteiger partial charge < -0.3 is 20.1 Å². The van der Waals surface area contributed by atoms with E-state index in [9.17, 15) is 4.79 Å².